The second-order valence-electron chi connectivity index (χ2n) is 4.88. The summed E-state index contributed by atoms with van der Waals surface area (Å²) in [4.78, 5) is 0. The molecular formula is C16H17Cl2N. The fourth-order valence-electron chi connectivity index (χ4n) is 2.57. The molecule has 0 aromatic heterocycles. The van der Waals surface area contributed by atoms with Crippen molar-refractivity contribution >= 4 is 24.0 Å². The van der Waals surface area contributed by atoms with Crippen molar-refractivity contribution in [3.05, 3.63) is 70.2 Å². The van der Waals surface area contributed by atoms with Crippen LogP contribution in [-0.4, -0.2) is 6.04 Å². The van der Waals surface area contributed by atoms with Crippen molar-refractivity contribution in [3.63, 3.8) is 0 Å². The van der Waals surface area contributed by atoms with Crippen LogP contribution in [0, 0.1) is 0 Å². The van der Waals surface area contributed by atoms with Gasteiger partial charge >= 0.3 is 0 Å². The zero-order valence-corrected chi connectivity index (χ0v) is 12.2. The lowest BCUT2D eigenvalue weighted by Crippen LogP contribution is -2.28. The summed E-state index contributed by atoms with van der Waals surface area (Å²) in [6, 6.07) is 17.3. The summed E-state index contributed by atoms with van der Waals surface area (Å²) in [6.07, 6.45) is 2.29. The second kappa shape index (κ2) is 6.42. The number of fused-ring (bicyclic) bond motifs is 1. The van der Waals surface area contributed by atoms with Crippen molar-refractivity contribution in [2.45, 2.75) is 25.4 Å². The van der Waals surface area contributed by atoms with E-state index in [1.807, 2.05) is 12.1 Å². The fraction of sp³-hybridized carbons (Fsp3) is 0.250. The van der Waals surface area contributed by atoms with E-state index in [0.717, 1.165) is 24.4 Å². The van der Waals surface area contributed by atoms with Crippen molar-refractivity contribution in [3.8, 4) is 0 Å². The van der Waals surface area contributed by atoms with Crippen LogP contribution in [0.2, 0.25) is 5.02 Å². The zero-order chi connectivity index (χ0) is 12.4. The van der Waals surface area contributed by atoms with Gasteiger partial charge < -0.3 is 5.32 Å². The van der Waals surface area contributed by atoms with Crippen molar-refractivity contribution in [2.24, 2.45) is 0 Å². The molecule has 0 spiro atoms. The summed E-state index contributed by atoms with van der Waals surface area (Å²) in [5.41, 5.74) is 4.27. The molecule has 0 aliphatic heterocycles. The molecule has 0 amide bonds. The number of benzene rings is 2. The number of nitrogens with one attached hydrogen (secondary N) is 1. The highest BCUT2D eigenvalue weighted by Crippen LogP contribution is 2.22. The topological polar surface area (TPSA) is 12.0 Å². The van der Waals surface area contributed by atoms with E-state index >= 15 is 0 Å². The van der Waals surface area contributed by atoms with Crippen molar-refractivity contribution in [1.29, 1.82) is 0 Å². The van der Waals surface area contributed by atoms with Crippen LogP contribution >= 0.6 is 24.0 Å². The minimum Gasteiger partial charge on any atom is -0.309 e. The van der Waals surface area contributed by atoms with Gasteiger partial charge in [-0.05, 0) is 41.7 Å². The smallest absolute Gasteiger partial charge is 0.0406 e. The lowest BCUT2D eigenvalue weighted by atomic mass is 10.1. The molecule has 2 aromatic carbocycles. The largest absolute Gasteiger partial charge is 0.309 e. The lowest BCUT2D eigenvalue weighted by molar-refractivity contribution is 0.533. The van der Waals surface area contributed by atoms with Crippen molar-refractivity contribution in [2.75, 3.05) is 0 Å². The van der Waals surface area contributed by atoms with Gasteiger partial charge in [0.1, 0.15) is 0 Å². The standard InChI is InChI=1S/C16H16ClN.ClH/c17-15-7-5-12(6-8-15)11-18-16-9-13-3-1-2-4-14(13)10-16;/h1-8,16,18H,9-11H2;1H. The van der Waals surface area contributed by atoms with Crippen LogP contribution in [0.5, 0.6) is 0 Å². The van der Waals surface area contributed by atoms with Gasteiger partial charge in [0, 0.05) is 17.6 Å². The molecule has 0 atom stereocenters. The maximum atomic E-state index is 5.88. The minimum atomic E-state index is 0. The first-order valence-electron chi connectivity index (χ1n) is 6.36. The monoisotopic (exact) mass is 293 g/mol. The van der Waals surface area contributed by atoms with Crippen molar-refractivity contribution < 1.29 is 0 Å². The lowest BCUT2D eigenvalue weighted by Gasteiger charge is -2.11. The molecule has 100 valence electrons. The van der Waals surface area contributed by atoms with E-state index in [0.29, 0.717) is 6.04 Å². The average molecular weight is 294 g/mol. The highest BCUT2D eigenvalue weighted by atomic mass is 35.5. The van der Waals surface area contributed by atoms with Gasteiger partial charge in [-0.2, -0.15) is 0 Å². The van der Waals surface area contributed by atoms with E-state index in [2.05, 4.69) is 41.7 Å². The predicted octanol–water partition coefficient (Wildman–Crippen LogP) is 4.02. The Hall–Kier alpha value is -1.02. The van der Waals surface area contributed by atoms with Gasteiger partial charge in [0.25, 0.3) is 0 Å². The molecule has 0 saturated heterocycles. The van der Waals surface area contributed by atoms with Gasteiger partial charge in [-0.3, -0.25) is 0 Å². The first-order chi connectivity index (χ1) is 8.81. The van der Waals surface area contributed by atoms with Gasteiger partial charge in [-0.15, -0.1) is 12.4 Å². The molecule has 0 fully saturated rings. The Labute approximate surface area is 125 Å². The molecule has 3 heteroatoms. The Morgan fingerprint density at radius 3 is 2.11 bits per heavy atom. The number of halogens is 2. The van der Waals surface area contributed by atoms with E-state index in [9.17, 15) is 0 Å². The van der Waals surface area contributed by atoms with Crippen LogP contribution in [0.1, 0.15) is 16.7 Å². The molecule has 2 aromatic rings. The molecule has 1 aliphatic carbocycles. The normalized spacial score (nSPS) is 13.9. The molecule has 0 unspecified atom stereocenters. The Bertz CT molecular complexity index is 512. The molecular weight excluding hydrogens is 277 g/mol. The van der Waals surface area contributed by atoms with Crippen LogP contribution in [0.4, 0.5) is 0 Å². The summed E-state index contributed by atoms with van der Waals surface area (Å²) in [6.45, 7) is 0.913. The quantitative estimate of drug-likeness (QED) is 0.901. The van der Waals surface area contributed by atoms with E-state index in [1.165, 1.54) is 16.7 Å². The summed E-state index contributed by atoms with van der Waals surface area (Å²) in [5, 5.41) is 4.42. The van der Waals surface area contributed by atoms with Gasteiger partial charge in [-0.1, -0.05) is 48.0 Å². The average Bonchev–Trinajstić information content (AvgIpc) is 2.81. The van der Waals surface area contributed by atoms with Crippen molar-refractivity contribution in [1.82, 2.24) is 5.32 Å². The molecule has 0 heterocycles. The molecule has 19 heavy (non-hydrogen) atoms. The molecule has 0 saturated carbocycles. The number of hydrogen-bond donors (Lipinski definition) is 1. The Kier molecular flexibility index (Phi) is 4.87. The molecule has 3 rings (SSSR count). The summed E-state index contributed by atoms with van der Waals surface area (Å²) in [7, 11) is 0. The Morgan fingerprint density at radius 2 is 1.53 bits per heavy atom. The van der Waals surface area contributed by atoms with Gasteiger partial charge in [0.2, 0.25) is 0 Å². The third-order valence-corrected chi connectivity index (χ3v) is 3.81. The molecule has 0 radical (unpaired) electrons. The maximum Gasteiger partial charge on any atom is 0.0406 e. The highest BCUT2D eigenvalue weighted by molar-refractivity contribution is 6.30. The summed E-state index contributed by atoms with van der Waals surface area (Å²) in [5.74, 6) is 0. The molecule has 1 N–H and O–H groups in total. The van der Waals surface area contributed by atoms with Crippen LogP contribution in [0.15, 0.2) is 48.5 Å². The van der Waals surface area contributed by atoms with E-state index in [1.54, 1.807) is 0 Å². The van der Waals surface area contributed by atoms with Crippen LogP contribution in [0.3, 0.4) is 0 Å². The second-order valence-corrected chi connectivity index (χ2v) is 5.32. The number of rotatable bonds is 3. The summed E-state index contributed by atoms with van der Waals surface area (Å²) < 4.78 is 0. The van der Waals surface area contributed by atoms with Gasteiger partial charge in [0.05, 0.1) is 0 Å². The number of hydrogen-bond acceptors (Lipinski definition) is 1. The fourth-order valence-corrected chi connectivity index (χ4v) is 2.69. The van der Waals surface area contributed by atoms with E-state index < -0.39 is 0 Å². The minimum absolute atomic E-state index is 0. The first-order valence-corrected chi connectivity index (χ1v) is 6.74. The van der Waals surface area contributed by atoms with Crippen LogP contribution < -0.4 is 5.32 Å². The molecule has 0 bridgehead atoms. The van der Waals surface area contributed by atoms with Crippen LogP contribution in [0.25, 0.3) is 0 Å². The third kappa shape index (κ3) is 3.50. The maximum absolute atomic E-state index is 5.88. The van der Waals surface area contributed by atoms with Crippen LogP contribution in [-0.2, 0) is 19.4 Å². The first kappa shape index (κ1) is 14.4. The van der Waals surface area contributed by atoms with Gasteiger partial charge in [-0.25, -0.2) is 0 Å². The van der Waals surface area contributed by atoms with E-state index in [-0.39, 0.29) is 12.4 Å². The Morgan fingerprint density at radius 1 is 0.947 bits per heavy atom. The third-order valence-electron chi connectivity index (χ3n) is 3.56. The van der Waals surface area contributed by atoms with Gasteiger partial charge in [0.15, 0.2) is 0 Å². The zero-order valence-electron chi connectivity index (χ0n) is 10.6. The molecule has 1 nitrogen and oxygen atoms in total. The predicted molar refractivity (Wildman–Crippen MR) is 83.2 cm³/mol. The SMILES string of the molecule is Cl.Clc1ccc(CNC2Cc3ccccc3C2)cc1. The summed E-state index contributed by atoms with van der Waals surface area (Å²) >= 11 is 5.88. The highest BCUT2D eigenvalue weighted by Gasteiger charge is 2.19. The van der Waals surface area contributed by atoms with E-state index in [4.69, 9.17) is 11.6 Å². The molecule has 1 aliphatic rings. The Balaban J connectivity index is 0.00000133.